The monoisotopic (exact) mass is 910 g/mol. The second kappa shape index (κ2) is 23.2. The molecule has 0 radical (unpaired) electrons. The molecule has 4 saturated heterocycles. The number of aliphatic hydroxyl groups is 15. The zero-order valence-electron chi connectivity index (χ0n) is 33.2. The summed E-state index contributed by atoms with van der Waals surface area (Å²) >= 11 is 0. The van der Waals surface area contributed by atoms with Gasteiger partial charge in [0, 0.05) is 13.8 Å². The van der Waals surface area contributed by atoms with E-state index in [2.05, 4.69) is 10.6 Å². The Kier molecular flexibility index (Phi) is 19.6. The first-order chi connectivity index (χ1) is 29.2. The molecule has 0 aromatic carbocycles. The second-order valence-electron chi connectivity index (χ2n) is 15.1. The van der Waals surface area contributed by atoms with Crippen LogP contribution in [-0.2, 0) is 52.3 Å². The molecule has 28 heteroatoms. The van der Waals surface area contributed by atoms with Gasteiger partial charge < -0.3 is 130 Å². The number of carbonyl (C=O) groups excluding carboxylic acids is 3. The predicted molar refractivity (Wildman–Crippen MR) is 191 cm³/mol. The number of aldehydes is 1. The molecule has 17 N–H and O–H groups in total. The summed E-state index contributed by atoms with van der Waals surface area (Å²) in [5, 5.41) is 162. The predicted octanol–water partition coefficient (Wildman–Crippen LogP) is -11.8. The summed E-state index contributed by atoms with van der Waals surface area (Å²) in [7, 11) is 0. The van der Waals surface area contributed by atoms with Gasteiger partial charge in [0.05, 0.1) is 33.0 Å². The number of rotatable bonds is 19. The summed E-state index contributed by atoms with van der Waals surface area (Å²) in [4.78, 5) is 35.8. The molecule has 0 unspecified atom stereocenters. The summed E-state index contributed by atoms with van der Waals surface area (Å²) in [5.74, 6) is -1.64. The van der Waals surface area contributed by atoms with Crippen LogP contribution in [0.15, 0.2) is 0 Å². The van der Waals surface area contributed by atoms with Crippen LogP contribution in [0, 0.1) is 0 Å². The zero-order chi connectivity index (χ0) is 46.3. The highest BCUT2D eigenvalue weighted by atomic mass is 16.8. The van der Waals surface area contributed by atoms with E-state index in [0.29, 0.717) is 0 Å². The molecule has 4 fully saturated rings. The van der Waals surface area contributed by atoms with E-state index in [1.807, 2.05) is 0 Å². The number of ether oxygens (including phenoxy) is 8. The van der Waals surface area contributed by atoms with Crippen molar-refractivity contribution in [2.75, 3.05) is 33.0 Å². The quantitative estimate of drug-likeness (QED) is 0.0535. The van der Waals surface area contributed by atoms with Gasteiger partial charge in [0.15, 0.2) is 25.2 Å². The molecule has 28 nitrogen and oxygen atoms in total. The van der Waals surface area contributed by atoms with Gasteiger partial charge in [0.1, 0.15) is 128 Å². The molecule has 0 saturated carbocycles. The van der Waals surface area contributed by atoms with Crippen LogP contribution in [-0.4, -0.2) is 275 Å². The highest BCUT2D eigenvalue weighted by molar-refractivity contribution is 5.77. The van der Waals surface area contributed by atoms with Gasteiger partial charge >= 0.3 is 0 Å². The number of nitrogens with one attached hydrogen (secondary N) is 2. The van der Waals surface area contributed by atoms with Crippen LogP contribution in [0.25, 0.3) is 0 Å². The number of amides is 2. The molecular formula is C34H58N2O26. The SMILES string of the molecule is CC(=O)N[C@@H]1[C@H](O[C@H]([C@@H](O)[C@@H](C=O)NC(C)=O)[C@H](O)CO)O[C@H](CO)[C@@H](O[C@H]2O[C@@H](CO[C@@H]3O[C@H](CO)[C@@H](O)[C@H](O)[C@@H]3O)[C@H](O)[C@@H](O[C@@H]3O[C@H](CO)[C@@H](O)[C@H](O)[C@@H]3O)[C@@H]2O)[C@@H]1O. The van der Waals surface area contributed by atoms with Crippen LogP contribution in [0.1, 0.15) is 13.8 Å². The molecule has 4 heterocycles. The van der Waals surface area contributed by atoms with Gasteiger partial charge in [-0.1, -0.05) is 0 Å². The van der Waals surface area contributed by atoms with Gasteiger partial charge in [-0.2, -0.15) is 0 Å². The van der Waals surface area contributed by atoms with Gasteiger partial charge in [-0.05, 0) is 0 Å². The fraction of sp³-hybridized carbons (Fsp3) is 0.912. The van der Waals surface area contributed by atoms with Crippen LogP contribution in [0.3, 0.4) is 0 Å². The molecule has 4 aliphatic rings. The first kappa shape index (κ1) is 52.3. The number of hydrogen-bond acceptors (Lipinski definition) is 26. The Morgan fingerprint density at radius 2 is 1.10 bits per heavy atom. The summed E-state index contributed by atoms with van der Waals surface area (Å²) in [6, 6.07) is -3.51. The van der Waals surface area contributed by atoms with Crippen LogP contribution in [0.5, 0.6) is 0 Å². The zero-order valence-corrected chi connectivity index (χ0v) is 33.2. The smallest absolute Gasteiger partial charge is 0.217 e. The minimum absolute atomic E-state index is 0.0952. The summed E-state index contributed by atoms with van der Waals surface area (Å²) in [6.45, 7) is -2.77. The summed E-state index contributed by atoms with van der Waals surface area (Å²) in [6.07, 6.45) is -42.2. The molecule has 24 atom stereocenters. The van der Waals surface area contributed by atoms with Crippen molar-refractivity contribution in [1.82, 2.24) is 10.6 Å². The third-order valence-corrected chi connectivity index (χ3v) is 10.6. The molecule has 360 valence electrons. The minimum atomic E-state index is -2.21. The third-order valence-electron chi connectivity index (χ3n) is 10.6. The Balaban J connectivity index is 1.65. The number of hydrogen-bond donors (Lipinski definition) is 17. The highest BCUT2D eigenvalue weighted by Gasteiger charge is 2.55. The highest BCUT2D eigenvalue weighted by Crippen LogP contribution is 2.34. The van der Waals surface area contributed by atoms with E-state index in [4.69, 9.17) is 37.9 Å². The fourth-order valence-corrected chi connectivity index (χ4v) is 7.23. The number of aliphatic hydroxyl groups excluding tert-OH is 15. The van der Waals surface area contributed by atoms with Crippen molar-refractivity contribution < 1.29 is 129 Å². The molecular weight excluding hydrogens is 852 g/mol. The van der Waals surface area contributed by atoms with Crippen LogP contribution in [0.4, 0.5) is 0 Å². The Morgan fingerprint density at radius 3 is 1.61 bits per heavy atom. The molecule has 62 heavy (non-hydrogen) atoms. The standard InChI is InChI=1S/C34H58N2O26/c1-9(42)35-11(3-37)18(45)28(12(44)4-38)60-31-17(36-10(2)43)22(49)29(15(7-41)58-31)61-34-27(54)30(62-33-26(53)24(51)20(47)14(6-40)57-33)21(48)16(59-34)8-55-32-25(52)23(50)19(46)13(5-39)56-32/h3,11-34,38-41,44-54H,4-8H2,1-2H3,(H,35,42)(H,36,43)/t11-,12-,13-,14-,15-,16+,17+,18+,19-,20-,21+,22-,23+,24+,25+,26+,27+,28+,29-,30-,31+,32-,33+,34-/m1/s1. The number of carbonyl (C=O) groups is 3. The maximum absolute atomic E-state index is 12.4. The Labute approximate surface area is 351 Å². The van der Waals surface area contributed by atoms with Crippen molar-refractivity contribution in [2.45, 2.75) is 161 Å². The fourth-order valence-electron chi connectivity index (χ4n) is 7.23. The molecule has 2 amide bonds. The maximum atomic E-state index is 12.4. The average molecular weight is 911 g/mol. The van der Waals surface area contributed by atoms with Crippen molar-refractivity contribution in [3.8, 4) is 0 Å². The van der Waals surface area contributed by atoms with Gasteiger partial charge in [-0.3, -0.25) is 9.59 Å². The first-order valence-electron chi connectivity index (χ1n) is 19.4. The van der Waals surface area contributed by atoms with Crippen molar-refractivity contribution in [3.05, 3.63) is 0 Å². The molecule has 0 aromatic heterocycles. The van der Waals surface area contributed by atoms with Crippen molar-refractivity contribution in [3.63, 3.8) is 0 Å². The first-order valence-corrected chi connectivity index (χ1v) is 19.4. The lowest BCUT2D eigenvalue weighted by atomic mass is 9.94. The maximum Gasteiger partial charge on any atom is 0.217 e. The van der Waals surface area contributed by atoms with E-state index in [-0.39, 0.29) is 6.29 Å². The van der Waals surface area contributed by atoms with Crippen LogP contribution < -0.4 is 10.6 Å². The van der Waals surface area contributed by atoms with Gasteiger partial charge in [-0.25, -0.2) is 0 Å². The lowest BCUT2D eigenvalue weighted by molar-refractivity contribution is -0.382. The Morgan fingerprint density at radius 1 is 0.597 bits per heavy atom. The average Bonchev–Trinajstić information content (AvgIpc) is 3.24. The van der Waals surface area contributed by atoms with E-state index in [1.54, 1.807) is 0 Å². The van der Waals surface area contributed by atoms with Crippen LogP contribution in [0.2, 0.25) is 0 Å². The van der Waals surface area contributed by atoms with E-state index < -0.39 is 192 Å². The molecule has 0 aromatic rings. The topological polar surface area (TPSA) is 453 Å². The van der Waals surface area contributed by atoms with Crippen molar-refractivity contribution >= 4 is 18.1 Å². The lowest BCUT2D eigenvalue weighted by Crippen LogP contribution is -2.69. The second-order valence-corrected chi connectivity index (χ2v) is 15.1. The van der Waals surface area contributed by atoms with Crippen LogP contribution >= 0.6 is 0 Å². The molecule has 4 rings (SSSR count). The van der Waals surface area contributed by atoms with Crippen molar-refractivity contribution in [2.24, 2.45) is 0 Å². The lowest BCUT2D eigenvalue weighted by Gasteiger charge is -2.49. The normalized spacial score (nSPS) is 43.5. The summed E-state index contributed by atoms with van der Waals surface area (Å²) < 4.78 is 45.0. The van der Waals surface area contributed by atoms with Gasteiger partial charge in [0.25, 0.3) is 0 Å². The molecule has 0 bridgehead atoms. The van der Waals surface area contributed by atoms with Gasteiger partial charge in [0.2, 0.25) is 11.8 Å². The Hall–Kier alpha value is -2.31. The van der Waals surface area contributed by atoms with E-state index in [9.17, 15) is 91.0 Å². The van der Waals surface area contributed by atoms with Crippen molar-refractivity contribution in [1.29, 1.82) is 0 Å². The minimum Gasteiger partial charge on any atom is -0.394 e. The molecule has 4 aliphatic heterocycles. The van der Waals surface area contributed by atoms with E-state index in [1.165, 1.54) is 0 Å². The largest absolute Gasteiger partial charge is 0.394 e. The Bertz CT molecular complexity index is 1420. The van der Waals surface area contributed by atoms with E-state index >= 15 is 0 Å². The third kappa shape index (κ3) is 11.9. The summed E-state index contributed by atoms with van der Waals surface area (Å²) in [5.41, 5.74) is 0. The molecule has 0 aliphatic carbocycles. The molecule has 0 spiro atoms. The van der Waals surface area contributed by atoms with Gasteiger partial charge in [-0.15, -0.1) is 0 Å². The van der Waals surface area contributed by atoms with E-state index in [0.717, 1.165) is 13.8 Å².